The first-order valence-corrected chi connectivity index (χ1v) is 12.3. The van der Waals surface area contributed by atoms with E-state index in [9.17, 15) is 9.59 Å². The van der Waals surface area contributed by atoms with Crippen LogP contribution in [0.4, 0.5) is 0 Å². The van der Waals surface area contributed by atoms with Crippen molar-refractivity contribution in [1.82, 2.24) is 0 Å². The Balaban J connectivity index is 1.65. The van der Waals surface area contributed by atoms with E-state index in [4.69, 9.17) is 27.9 Å². The quantitative estimate of drug-likeness (QED) is 0.389. The van der Waals surface area contributed by atoms with Crippen molar-refractivity contribution in [3.63, 3.8) is 0 Å². The van der Waals surface area contributed by atoms with Crippen molar-refractivity contribution in [2.45, 2.75) is 95.9 Å². The van der Waals surface area contributed by atoms with Crippen molar-refractivity contribution in [2.75, 3.05) is 0 Å². The molecule has 0 bridgehead atoms. The summed E-state index contributed by atoms with van der Waals surface area (Å²) in [4.78, 5) is 23.5. The fraction of sp³-hybridized carbons (Fsp3) is 0.917. The van der Waals surface area contributed by atoms with Gasteiger partial charge in [-0.25, -0.2) is 0 Å². The van der Waals surface area contributed by atoms with Crippen molar-refractivity contribution in [3.8, 4) is 0 Å². The minimum atomic E-state index is -0.536. The van der Waals surface area contributed by atoms with E-state index in [1.807, 2.05) is 0 Å². The fourth-order valence-electron chi connectivity index (χ4n) is 8.71. The lowest BCUT2D eigenvalue weighted by Gasteiger charge is -2.65. The third kappa shape index (κ3) is 3.04. The average molecular weight is 443 g/mol. The van der Waals surface area contributed by atoms with Crippen LogP contribution in [0.25, 0.3) is 0 Å². The Hall–Kier alpha value is -0.280. The van der Waals surface area contributed by atoms with E-state index in [-0.39, 0.29) is 34.2 Å². The van der Waals surface area contributed by atoms with Crippen molar-refractivity contribution in [2.24, 2.45) is 40.4 Å². The summed E-state index contributed by atoms with van der Waals surface area (Å²) < 4.78 is 5.56. The zero-order valence-corrected chi connectivity index (χ0v) is 20.0. The number of alkyl halides is 2. The maximum Gasteiger partial charge on any atom is 0.302 e. The molecule has 4 fully saturated rings. The van der Waals surface area contributed by atoms with Gasteiger partial charge in [0, 0.05) is 19.3 Å². The lowest BCUT2D eigenvalue weighted by atomic mass is 9.44. The molecule has 7 unspecified atom stereocenters. The Morgan fingerprint density at radius 1 is 1.03 bits per heavy atom. The summed E-state index contributed by atoms with van der Waals surface area (Å²) in [7, 11) is 0. The van der Waals surface area contributed by atoms with E-state index < -0.39 is 4.87 Å². The molecular formula is C24H36Cl2O3. The van der Waals surface area contributed by atoms with Crippen LogP contribution in [0.15, 0.2) is 0 Å². The largest absolute Gasteiger partial charge is 0.462 e. The third-order valence-corrected chi connectivity index (χ3v) is 11.3. The first-order chi connectivity index (χ1) is 13.4. The van der Waals surface area contributed by atoms with Gasteiger partial charge in [0.15, 0.2) is 0 Å². The standard InChI is InChI=1S/C24H36Cl2O3/c1-13-10-19-17-11-20(25)24(26)12-16(29-15(3)28)6-9-23(24,5)18(17)7-8-22(19,4)21(13)14(2)27/h13,16-21H,6-12H2,1-5H3/t13?,16?,17?,18?,19?,20?,21?,22-,23+,24-/m0/s1. The van der Waals surface area contributed by atoms with Crippen LogP contribution >= 0.6 is 23.2 Å². The first-order valence-electron chi connectivity index (χ1n) is 11.4. The molecule has 4 saturated carbocycles. The van der Waals surface area contributed by atoms with Gasteiger partial charge < -0.3 is 4.74 Å². The van der Waals surface area contributed by atoms with E-state index in [2.05, 4.69) is 20.8 Å². The van der Waals surface area contributed by atoms with E-state index >= 15 is 0 Å². The Kier molecular flexibility index (Phi) is 5.39. The van der Waals surface area contributed by atoms with Crippen molar-refractivity contribution < 1.29 is 14.3 Å². The van der Waals surface area contributed by atoms with Crippen LogP contribution in [0.5, 0.6) is 0 Å². The number of ketones is 1. The van der Waals surface area contributed by atoms with Crippen molar-refractivity contribution >= 4 is 35.0 Å². The van der Waals surface area contributed by atoms with E-state index in [0.717, 1.165) is 38.5 Å². The first kappa shape index (κ1) is 21.9. The second kappa shape index (κ2) is 7.12. The molecule has 0 aromatic heterocycles. The monoisotopic (exact) mass is 442 g/mol. The molecule has 0 aromatic carbocycles. The lowest BCUT2D eigenvalue weighted by molar-refractivity contribution is -0.157. The maximum absolute atomic E-state index is 12.5. The lowest BCUT2D eigenvalue weighted by Crippen LogP contribution is -2.65. The zero-order chi connectivity index (χ0) is 21.4. The average Bonchev–Trinajstić information content (AvgIpc) is 2.87. The van der Waals surface area contributed by atoms with E-state index in [1.54, 1.807) is 6.92 Å². The van der Waals surface area contributed by atoms with Gasteiger partial charge in [-0.15, -0.1) is 23.2 Å². The van der Waals surface area contributed by atoms with Crippen LogP contribution in [0.3, 0.4) is 0 Å². The predicted molar refractivity (Wildman–Crippen MR) is 116 cm³/mol. The second-order valence-electron chi connectivity index (χ2n) is 11.2. The summed E-state index contributed by atoms with van der Waals surface area (Å²) >= 11 is 14.4. The van der Waals surface area contributed by atoms with Gasteiger partial charge in [0.1, 0.15) is 11.9 Å². The number of halogens is 2. The molecule has 164 valence electrons. The molecule has 0 saturated heterocycles. The summed E-state index contributed by atoms with van der Waals surface area (Å²) in [5.41, 5.74) is 0.0417. The zero-order valence-electron chi connectivity index (χ0n) is 18.5. The van der Waals surface area contributed by atoms with Gasteiger partial charge in [-0.1, -0.05) is 20.8 Å². The molecule has 3 nitrogen and oxygen atoms in total. The number of fused-ring (bicyclic) bond motifs is 5. The molecule has 4 aliphatic carbocycles. The molecule has 0 aliphatic heterocycles. The minimum Gasteiger partial charge on any atom is -0.462 e. The molecule has 4 aliphatic rings. The molecule has 10 atom stereocenters. The Labute approximate surface area is 185 Å². The highest BCUT2D eigenvalue weighted by Gasteiger charge is 2.68. The van der Waals surface area contributed by atoms with Gasteiger partial charge in [0.2, 0.25) is 0 Å². The molecule has 0 radical (unpaired) electrons. The summed E-state index contributed by atoms with van der Waals surface area (Å²) in [5.74, 6) is 2.37. The van der Waals surface area contributed by atoms with Crippen LogP contribution in [-0.2, 0) is 14.3 Å². The maximum atomic E-state index is 12.5. The van der Waals surface area contributed by atoms with Gasteiger partial charge in [-0.05, 0) is 80.0 Å². The number of hydrogen-bond donors (Lipinski definition) is 0. The highest BCUT2D eigenvalue weighted by Crippen LogP contribution is 2.71. The van der Waals surface area contributed by atoms with Gasteiger partial charge in [-0.2, -0.15) is 0 Å². The third-order valence-electron chi connectivity index (χ3n) is 9.80. The van der Waals surface area contributed by atoms with Crippen LogP contribution in [0, 0.1) is 40.4 Å². The summed E-state index contributed by atoms with van der Waals surface area (Å²) in [6, 6.07) is 0. The van der Waals surface area contributed by atoms with Crippen LogP contribution in [-0.4, -0.2) is 28.1 Å². The van der Waals surface area contributed by atoms with Gasteiger partial charge in [0.25, 0.3) is 0 Å². The molecule has 0 heterocycles. The minimum absolute atomic E-state index is 0.0561. The number of esters is 1. The molecule has 0 spiro atoms. The van der Waals surface area contributed by atoms with Crippen LogP contribution in [0.1, 0.15) is 79.6 Å². The summed E-state index contributed by atoms with van der Waals surface area (Å²) in [6.07, 6.45) is 6.62. The summed E-state index contributed by atoms with van der Waals surface area (Å²) in [5, 5.41) is -0.136. The SMILES string of the molecule is CC(=O)OC1CC[C@]2(C)C3CC[C@@]4(C)C(CC(C)C4C(C)=O)C3CC(Cl)[C@@]2(Cl)C1. The normalized spacial score (nSPS) is 54.1. The van der Waals surface area contributed by atoms with E-state index in [1.165, 1.54) is 6.92 Å². The number of carbonyl (C=O) groups is 2. The number of rotatable bonds is 2. The van der Waals surface area contributed by atoms with Gasteiger partial charge >= 0.3 is 5.97 Å². The molecule has 4 rings (SSSR count). The fourth-order valence-corrected chi connectivity index (χ4v) is 9.75. The second-order valence-corrected chi connectivity index (χ2v) is 12.4. The Morgan fingerprint density at radius 3 is 2.34 bits per heavy atom. The highest BCUT2D eigenvalue weighted by atomic mass is 35.5. The Morgan fingerprint density at radius 2 is 1.72 bits per heavy atom. The number of hydrogen-bond acceptors (Lipinski definition) is 3. The van der Waals surface area contributed by atoms with Crippen LogP contribution < -0.4 is 0 Å². The molecular weight excluding hydrogens is 407 g/mol. The molecule has 0 amide bonds. The number of Topliss-reactive ketones (excluding diaryl/α,β-unsaturated/α-hetero) is 1. The molecule has 29 heavy (non-hydrogen) atoms. The highest BCUT2D eigenvalue weighted by molar-refractivity contribution is 6.33. The summed E-state index contributed by atoms with van der Waals surface area (Å²) in [6.45, 7) is 10.2. The molecule has 0 aromatic rings. The smallest absolute Gasteiger partial charge is 0.302 e. The van der Waals surface area contributed by atoms with E-state index in [0.29, 0.717) is 35.9 Å². The van der Waals surface area contributed by atoms with Gasteiger partial charge in [0.05, 0.1) is 10.3 Å². The number of carbonyl (C=O) groups excluding carboxylic acids is 2. The predicted octanol–water partition coefficient (Wildman–Crippen LogP) is 5.99. The van der Waals surface area contributed by atoms with Gasteiger partial charge in [-0.3, -0.25) is 9.59 Å². The molecule has 0 N–H and O–H groups in total. The Bertz CT molecular complexity index is 710. The molecule has 5 heteroatoms. The topological polar surface area (TPSA) is 43.4 Å². The van der Waals surface area contributed by atoms with Crippen molar-refractivity contribution in [1.29, 1.82) is 0 Å². The van der Waals surface area contributed by atoms with Crippen molar-refractivity contribution in [3.05, 3.63) is 0 Å². The number of ether oxygens (including phenoxy) is 1. The van der Waals surface area contributed by atoms with Crippen LogP contribution in [0.2, 0.25) is 0 Å².